The number of primary amides is 1. The van der Waals surface area contributed by atoms with Gasteiger partial charge in [0.2, 0.25) is 5.91 Å². The van der Waals surface area contributed by atoms with Gasteiger partial charge in [-0.15, -0.1) is 0 Å². The number of benzene rings is 2. The molecule has 0 spiro atoms. The number of hydrogen-bond acceptors (Lipinski definition) is 3. The maximum atomic E-state index is 13.5. The van der Waals surface area contributed by atoms with Gasteiger partial charge in [-0.25, -0.2) is 0 Å². The molecule has 2 aromatic carbocycles. The van der Waals surface area contributed by atoms with E-state index in [9.17, 15) is 9.59 Å². The molecular formula is C24H27ClN2O3. The number of carbonyl (C=O) groups excluding carboxylic acids is 2. The van der Waals surface area contributed by atoms with E-state index in [1.807, 2.05) is 26.0 Å². The Bertz CT molecular complexity index is 1100. The van der Waals surface area contributed by atoms with Crippen LogP contribution in [0.1, 0.15) is 59.3 Å². The average Bonchev–Trinajstić information content (AvgIpc) is 2.98. The molecule has 0 fully saturated rings. The van der Waals surface area contributed by atoms with Gasteiger partial charge < -0.3 is 10.5 Å². The third-order valence-electron chi connectivity index (χ3n) is 5.57. The van der Waals surface area contributed by atoms with Crippen molar-refractivity contribution in [3.8, 4) is 5.75 Å². The summed E-state index contributed by atoms with van der Waals surface area (Å²) in [6, 6.07) is 10.9. The van der Waals surface area contributed by atoms with Gasteiger partial charge in [-0.3, -0.25) is 14.2 Å². The first-order chi connectivity index (χ1) is 14.3. The maximum Gasteiger partial charge on any atom is 0.262 e. The van der Waals surface area contributed by atoms with Gasteiger partial charge in [0.1, 0.15) is 5.75 Å². The third kappa shape index (κ3) is 3.94. The topological polar surface area (TPSA) is 74.3 Å². The standard InChI is InChI=1S/C24H27ClN2O3/c1-5-6-7-17(23(26)28)22-15(3)27(24(29)16-10-8-14(2)9-11-16)20-13-19(25)21(30-4)12-18(20)22/h8-13,17H,5-7H2,1-4H3,(H2,26,28). The Morgan fingerprint density at radius 3 is 2.40 bits per heavy atom. The van der Waals surface area contributed by atoms with Gasteiger partial charge in [-0.1, -0.05) is 49.1 Å². The van der Waals surface area contributed by atoms with E-state index < -0.39 is 11.8 Å². The summed E-state index contributed by atoms with van der Waals surface area (Å²) in [6.07, 6.45) is 2.42. The molecule has 30 heavy (non-hydrogen) atoms. The maximum absolute atomic E-state index is 13.5. The van der Waals surface area contributed by atoms with Gasteiger partial charge in [0.25, 0.3) is 5.91 Å². The summed E-state index contributed by atoms with van der Waals surface area (Å²) < 4.78 is 7.02. The molecule has 3 rings (SSSR count). The van der Waals surface area contributed by atoms with Crippen molar-refractivity contribution in [3.05, 3.63) is 63.8 Å². The molecule has 1 aromatic heterocycles. The number of aryl methyl sites for hydroxylation is 1. The predicted molar refractivity (Wildman–Crippen MR) is 121 cm³/mol. The minimum atomic E-state index is -0.495. The highest BCUT2D eigenvalue weighted by Crippen LogP contribution is 2.39. The van der Waals surface area contributed by atoms with Crippen LogP contribution in [0.4, 0.5) is 0 Å². The second kappa shape index (κ2) is 8.92. The highest BCUT2D eigenvalue weighted by molar-refractivity contribution is 6.33. The Balaban J connectivity index is 2.30. The molecule has 5 nitrogen and oxygen atoms in total. The van der Waals surface area contributed by atoms with Crippen molar-refractivity contribution in [2.75, 3.05) is 7.11 Å². The van der Waals surface area contributed by atoms with Gasteiger partial charge in [0, 0.05) is 16.6 Å². The van der Waals surface area contributed by atoms with Crippen LogP contribution in [0, 0.1) is 13.8 Å². The van der Waals surface area contributed by atoms with Crippen molar-refractivity contribution in [2.45, 2.75) is 46.0 Å². The lowest BCUT2D eigenvalue weighted by atomic mass is 9.90. The zero-order chi connectivity index (χ0) is 22.0. The smallest absolute Gasteiger partial charge is 0.262 e. The van der Waals surface area contributed by atoms with Crippen molar-refractivity contribution in [1.29, 1.82) is 0 Å². The minimum absolute atomic E-state index is 0.177. The van der Waals surface area contributed by atoms with Crippen LogP contribution >= 0.6 is 11.6 Å². The summed E-state index contributed by atoms with van der Waals surface area (Å²) in [5.74, 6) is -0.583. The molecule has 1 unspecified atom stereocenters. The van der Waals surface area contributed by atoms with E-state index >= 15 is 0 Å². The predicted octanol–water partition coefficient (Wildman–Crippen LogP) is 5.37. The Morgan fingerprint density at radius 2 is 1.83 bits per heavy atom. The van der Waals surface area contributed by atoms with Crippen LogP contribution < -0.4 is 10.5 Å². The molecule has 0 aliphatic heterocycles. The van der Waals surface area contributed by atoms with Gasteiger partial charge in [0.05, 0.1) is 23.6 Å². The molecule has 1 atom stereocenters. The van der Waals surface area contributed by atoms with Crippen LogP contribution in [-0.4, -0.2) is 23.5 Å². The van der Waals surface area contributed by atoms with Gasteiger partial charge >= 0.3 is 0 Å². The van der Waals surface area contributed by atoms with Crippen LogP contribution in [0.3, 0.4) is 0 Å². The highest BCUT2D eigenvalue weighted by atomic mass is 35.5. The quantitative estimate of drug-likeness (QED) is 0.552. The number of nitrogens with two attached hydrogens (primary N) is 1. The molecule has 0 aliphatic carbocycles. The first-order valence-corrected chi connectivity index (χ1v) is 10.5. The summed E-state index contributed by atoms with van der Waals surface area (Å²) in [6.45, 7) is 5.89. The average molecular weight is 427 g/mol. The summed E-state index contributed by atoms with van der Waals surface area (Å²) in [5, 5.41) is 1.16. The van der Waals surface area contributed by atoms with Crippen molar-refractivity contribution in [1.82, 2.24) is 4.57 Å². The fourth-order valence-electron chi connectivity index (χ4n) is 3.96. The molecule has 0 aliphatic rings. The largest absolute Gasteiger partial charge is 0.495 e. The van der Waals surface area contributed by atoms with E-state index in [4.69, 9.17) is 22.1 Å². The number of nitrogens with zero attached hydrogens (tertiary/aromatic N) is 1. The number of aromatic nitrogens is 1. The molecule has 0 radical (unpaired) electrons. The number of rotatable bonds is 7. The lowest BCUT2D eigenvalue weighted by Crippen LogP contribution is -2.22. The van der Waals surface area contributed by atoms with Gasteiger partial charge in [0.15, 0.2) is 0 Å². The summed E-state index contributed by atoms with van der Waals surface area (Å²) >= 11 is 6.39. The van der Waals surface area contributed by atoms with Crippen LogP contribution in [0.25, 0.3) is 10.9 Å². The number of fused-ring (bicyclic) bond motifs is 1. The molecule has 0 saturated carbocycles. The van der Waals surface area contributed by atoms with Crippen molar-refractivity contribution < 1.29 is 14.3 Å². The number of halogens is 1. The molecule has 1 amide bonds. The third-order valence-corrected chi connectivity index (χ3v) is 5.86. The van der Waals surface area contributed by atoms with E-state index in [-0.39, 0.29) is 5.91 Å². The van der Waals surface area contributed by atoms with Crippen molar-refractivity contribution in [3.63, 3.8) is 0 Å². The van der Waals surface area contributed by atoms with Crippen LogP contribution in [0.5, 0.6) is 5.75 Å². The molecule has 6 heteroatoms. The Hall–Kier alpha value is -2.79. The zero-order valence-electron chi connectivity index (χ0n) is 17.8. The van der Waals surface area contributed by atoms with E-state index in [1.54, 1.807) is 28.8 Å². The van der Waals surface area contributed by atoms with E-state index in [2.05, 4.69) is 6.92 Å². The second-order valence-corrected chi connectivity index (χ2v) is 8.01. The number of ether oxygens (including phenoxy) is 1. The van der Waals surface area contributed by atoms with Crippen molar-refractivity contribution in [2.24, 2.45) is 5.73 Å². The minimum Gasteiger partial charge on any atom is -0.495 e. The number of methoxy groups -OCH3 is 1. The molecule has 158 valence electrons. The molecule has 2 N–H and O–H groups in total. The van der Waals surface area contributed by atoms with E-state index in [0.717, 1.165) is 29.4 Å². The van der Waals surface area contributed by atoms with Crippen LogP contribution in [0.2, 0.25) is 5.02 Å². The highest BCUT2D eigenvalue weighted by Gasteiger charge is 2.28. The Kier molecular flexibility index (Phi) is 6.52. The number of unbranched alkanes of at least 4 members (excludes halogenated alkanes) is 1. The molecule has 0 bridgehead atoms. The Labute approximate surface area is 181 Å². The van der Waals surface area contributed by atoms with Crippen LogP contribution in [-0.2, 0) is 4.79 Å². The lowest BCUT2D eigenvalue weighted by Gasteiger charge is -2.15. The lowest BCUT2D eigenvalue weighted by molar-refractivity contribution is -0.119. The normalized spacial score (nSPS) is 12.2. The summed E-state index contributed by atoms with van der Waals surface area (Å²) in [7, 11) is 1.54. The summed E-state index contributed by atoms with van der Waals surface area (Å²) in [5.41, 5.74) is 9.52. The molecular weight excluding hydrogens is 400 g/mol. The Morgan fingerprint density at radius 1 is 1.17 bits per heavy atom. The first-order valence-electron chi connectivity index (χ1n) is 10.1. The molecule has 1 heterocycles. The van der Waals surface area contributed by atoms with E-state index in [0.29, 0.717) is 34.0 Å². The molecule has 3 aromatic rings. The number of hydrogen-bond donors (Lipinski definition) is 1. The first kappa shape index (κ1) is 21.9. The molecule has 0 saturated heterocycles. The number of amides is 1. The summed E-state index contributed by atoms with van der Waals surface area (Å²) in [4.78, 5) is 25.8. The SMILES string of the molecule is CCCCC(C(N)=O)c1c(C)n(C(=O)c2ccc(C)cc2)c2cc(Cl)c(OC)cc12. The van der Waals surface area contributed by atoms with Crippen molar-refractivity contribution >= 4 is 34.3 Å². The fraction of sp³-hybridized carbons (Fsp3) is 0.333. The van der Waals surface area contributed by atoms with Crippen LogP contribution in [0.15, 0.2) is 36.4 Å². The fourth-order valence-corrected chi connectivity index (χ4v) is 4.20. The second-order valence-electron chi connectivity index (χ2n) is 7.61. The van der Waals surface area contributed by atoms with Gasteiger partial charge in [-0.2, -0.15) is 0 Å². The monoisotopic (exact) mass is 426 g/mol. The van der Waals surface area contributed by atoms with E-state index in [1.165, 1.54) is 7.11 Å². The number of carbonyl (C=O) groups is 2. The van der Waals surface area contributed by atoms with Gasteiger partial charge in [-0.05, 0) is 50.1 Å². The zero-order valence-corrected chi connectivity index (χ0v) is 18.5.